The van der Waals surface area contributed by atoms with Crippen LogP contribution in [0, 0.1) is 5.82 Å². The summed E-state index contributed by atoms with van der Waals surface area (Å²) in [5.74, 6) is -1.02. The molecule has 1 atom stereocenters. The molecule has 1 N–H and O–H groups in total. The first-order valence-corrected chi connectivity index (χ1v) is 11.6. The fourth-order valence-corrected chi connectivity index (χ4v) is 6.30. The molecule has 0 aliphatic carbocycles. The van der Waals surface area contributed by atoms with Crippen molar-refractivity contribution in [2.75, 3.05) is 11.9 Å². The standard InChI is InChI=1S/C18H14Cl2FN3O3S2/c19-12-7-8-13(20)16-15(12)22-18(28-16)23-17(25)14-2-1-9-24(14)29(26,27)11-5-3-10(21)4-6-11/h3-8,14H,1-2,9H2,(H,22,23,25)/t14-/m0/s1. The maximum absolute atomic E-state index is 13.1. The highest BCUT2D eigenvalue weighted by Crippen LogP contribution is 2.36. The van der Waals surface area contributed by atoms with Gasteiger partial charge in [-0.25, -0.2) is 17.8 Å². The first-order valence-electron chi connectivity index (χ1n) is 8.60. The van der Waals surface area contributed by atoms with E-state index in [1.54, 1.807) is 12.1 Å². The number of nitrogens with zero attached hydrogens (tertiary/aromatic N) is 2. The Balaban J connectivity index is 1.59. The number of rotatable bonds is 4. The minimum atomic E-state index is -3.93. The summed E-state index contributed by atoms with van der Waals surface area (Å²) >= 11 is 13.4. The molecule has 11 heteroatoms. The molecule has 2 aromatic carbocycles. The molecule has 29 heavy (non-hydrogen) atoms. The van der Waals surface area contributed by atoms with Crippen LogP contribution in [0.4, 0.5) is 9.52 Å². The van der Waals surface area contributed by atoms with E-state index in [1.807, 2.05) is 0 Å². The Bertz CT molecular complexity index is 1160. The fraction of sp³-hybridized carbons (Fsp3) is 0.222. The van der Waals surface area contributed by atoms with E-state index < -0.39 is 27.8 Å². The molecular weight excluding hydrogens is 460 g/mol. The van der Waals surface area contributed by atoms with Gasteiger partial charge in [0, 0.05) is 6.54 Å². The Morgan fingerprint density at radius 1 is 1.17 bits per heavy atom. The Morgan fingerprint density at radius 2 is 1.86 bits per heavy atom. The lowest BCUT2D eigenvalue weighted by Crippen LogP contribution is -2.43. The van der Waals surface area contributed by atoms with Gasteiger partial charge in [0.1, 0.15) is 17.4 Å². The van der Waals surface area contributed by atoms with Crippen LogP contribution in [0.2, 0.25) is 10.0 Å². The van der Waals surface area contributed by atoms with Crippen molar-refractivity contribution in [3.8, 4) is 0 Å². The van der Waals surface area contributed by atoms with Crippen LogP contribution in [0.15, 0.2) is 41.3 Å². The van der Waals surface area contributed by atoms with Crippen LogP contribution in [0.3, 0.4) is 0 Å². The van der Waals surface area contributed by atoms with Gasteiger partial charge >= 0.3 is 0 Å². The predicted molar refractivity (Wildman–Crippen MR) is 112 cm³/mol. The van der Waals surface area contributed by atoms with Crippen LogP contribution >= 0.6 is 34.5 Å². The molecular formula is C18H14Cl2FN3O3S2. The van der Waals surface area contributed by atoms with Gasteiger partial charge in [-0.2, -0.15) is 4.31 Å². The van der Waals surface area contributed by atoms with Crippen molar-refractivity contribution in [3.05, 3.63) is 52.3 Å². The van der Waals surface area contributed by atoms with E-state index in [2.05, 4.69) is 10.3 Å². The van der Waals surface area contributed by atoms with Crippen molar-refractivity contribution >= 4 is 65.8 Å². The molecule has 0 unspecified atom stereocenters. The number of carbonyl (C=O) groups is 1. The second-order valence-electron chi connectivity index (χ2n) is 6.44. The van der Waals surface area contributed by atoms with E-state index in [9.17, 15) is 17.6 Å². The number of amides is 1. The summed E-state index contributed by atoms with van der Waals surface area (Å²) in [7, 11) is -3.93. The lowest BCUT2D eigenvalue weighted by Gasteiger charge is -2.23. The monoisotopic (exact) mass is 473 g/mol. The zero-order chi connectivity index (χ0) is 20.8. The fourth-order valence-electron chi connectivity index (χ4n) is 3.22. The third kappa shape index (κ3) is 3.85. The minimum Gasteiger partial charge on any atom is -0.301 e. The summed E-state index contributed by atoms with van der Waals surface area (Å²) in [5.41, 5.74) is 0.474. The number of hydrogen-bond donors (Lipinski definition) is 1. The predicted octanol–water partition coefficient (Wildman–Crippen LogP) is 4.53. The maximum atomic E-state index is 13.1. The summed E-state index contributed by atoms with van der Waals surface area (Å²) in [6.45, 7) is 0.204. The largest absolute Gasteiger partial charge is 0.301 e. The number of hydrogen-bond acceptors (Lipinski definition) is 5. The van der Waals surface area contributed by atoms with E-state index >= 15 is 0 Å². The van der Waals surface area contributed by atoms with Crippen LogP contribution in [0.1, 0.15) is 12.8 Å². The summed E-state index contributed by atoms with van der Waals surface area (Å²) in [6.07, 6.45) is 0.911. The molecule has 6 nitrogen and oxygen atoms in total. The summed E-state index contributed by atoms with van der Waals surface area (Å²) < 4.78 is 40.8. The quantitative estimate of drug-likeness (QED) is 0.603. The molecule has 0 bridgehead atoms. The van der Waals surface area contributed by atoms with E-state index in [4.69, 9.17) is 23.2 Å². The van der Waals surface area contributed by atoms with E-state index in [0.717, 1.165) is 27.8 Å². The second-order valence-corrected chi connectivity index (χ2v) is 10.1. The molecule has 1 saturated heterocycles. The van der Waals surface area contributed by atoms with Crippen molar-refractivity contribution in [2.24, 2.45) is 0 Å². The zero-order valence-electron chi connectivity index (χ0n) is 14.7. The van der Waals surface area contributed by atoms with Gasteiger partial charge in [-0.1, -0.05) is 34.5 Å². The first-order chi connectivity index (χ1) is 13.8. The maximum Gasteiger partial charge on any atom is 0.244 e. The normalized spacial score (nSPS) is 17.7. The van der Waals surface area contributed by atoms with Crippen molar-refractivity contribution in [1.29, 1.82) is 0 Å². The Kier molecular flexibility index (Phi) is 5.52. The number of thiazole rings is 1. The summed E-state index contributed by atoms with van der Waals surface area (Å²) in [5, 5.41) is 3.83. The lowest BCUT2D eigenvalue weighted by atomic mass is 10.2. The van der Waals surface area contributed by atoms with Crippen LogP contribution in [0.25, 0.3) is 10.2 Å². The first kappa shape index (κ1) is 20.5. The molecule has 1 amide bonds. The number of benzene rings is 2. The number of anilines is 1. The average molecular weight is 474 g/mol. The molecule has 1 fully saturated rings. The van der Waals surface area contributed by atoms with Crippen molar-refractivity contribution in [2.45, 2.75) is 23.8 Å². The molecule has 1 aliphatic rings. The SMILES string of the molecule is O=C(Nc1nc2c(Cl)ccc(Cl)c2s1)[C@@H]1CCCN1S(=O)(=O)c1ccc(F)cc1. The molecule has 0 saturated carbocycles. The number of carbonyl (C=O) groups excluding carboxylic acids is 1. The Labute approximate surface area is 180 Å². The highest BCUT2D eigenvalue weighted by Gasteiger charge is 2.39. The molecule has 1 aromatic heterocycles. The van der Waals surface area contributed by atoms with E-state index in [0.29, 0.717) is 33.1 Å². The summed E-state index contributed by atoms with van der Waals surface area (Å²) in [6, 6.07) is 6.91. The smallest absolute Gasteiger partial charge is 0.244 e. The molecule has 4 rings (SSSR count). The molecule has 152 valence electrons. The van der Waals surface area contributed by atoms with Gasteiger partial charge in [-0.3, -0.25) is 4.79 Å². The van der Waals surface area contributed by atoms with Crippen molar-refractivity contribution in [1.82, 2.24) is 9.29 Å². The number of sulfonamides is 1. The number of halogens is 3. The Hall–Kier alpha value is -1.78. The molecule has 0 spiro atoms. The zero-order valence-corrected chi connectivity index (χ0v) is 17.9. The van der Waals surface area contributed by atoms with Crippen LogP contribution in [-0.2, 0) is 14.8 Å². The molecule has 0 radical (unpaired) electrons. The van der Waals surface area contributed by atoms with E-state index in [1.165, 1.54) is 12.1 Å². The van der Waals surface area contributed by atoms with Gasteiger partial charge in [0.2, 0.25) is 15.9 Å². The summed E-state index contributed by atoms with van der Waals surface area (Å²) in [4.78, 5) is 17.1. The number of aromatic nitrogens is 1. The molecule has 2 heterocycles. The van der Waals surface area contributed by atoms with Gasteiger partial charge in [0.05, 0.1) is 19.6 Å². The van der Waals surface area contributed by atoms with Gasteiger partial charge in [-0.05, 0) is 49.2 Å². The van der Waals surface area contributed by atoms with Crippen LogP contribution in [0.5, 0.6) is 0 Å². The van der Waals surface area contributed by atoms with Crippen molar-refractivity contribution < 1.29 is 17.6 Å². The highest BCUT2D eigenvalue weighted by atomic mass is 35.5. The van der Waals surface area contributed by atoms with Gasteiger partial charge < -0.3 is 5.32 Å². The Morgan fingerprint density at radius 3 is 2.55 bits per heavy atom. The third-order valence-electron chi connectivity index (χ3n) is 4.60. The second kappa shape index (κ2) is 7.81. The van der Waals surface area contributed by atoms with Gasteiger partial charge in [0.15, 0.2) is 5.13 Å². The molecule has 3 aromatic rings. The highest BCUT2D eigenvalue weighted by molar-refractivity contribution is 7.89. The minimum absolute atomic E-state index is 0.0582. The van der Waals surface area contributed by atoms with Crippen molar-refractivity contribution in [3.63, 3.8) is 0 Å². The topological polar surface area (TPSA) is 79.4 Å². The van der Waals surface area contributed by atoms with Gasteiger partial charge in [-0.15, -0.1) is 0 Å². The number of fused-ring (bicyclic) bond motifs is 1. The van der Waals surface area contributed by atoms with Gasteiger partial charge in [0.25, 0.3) is 0 Å². The lowest BCUT2D eigenvalue weighted by molar-refractivity contribution is -0.119. The van der Waals surface area contributed by atoms with Crippen LogP contribution < -0.4 is 5.32 Å². The average Bonchev–Trinajstić information content (AvgIpc) is 3.33. The number of nitrogens with one attached hydrogen (secondary N) is 1. The van der Waals surface area contributed by atoms with Crippen LogP contribution in [-0.4, -0.2) is 36.2 Å². The third-order valence-corrected chi connectivity index (χ3v) is 8.26. The van der Waals surface area contributed by atoms with E-state index in [-0.39, 0.29) is 16.6 Å². The molecule has 1 aliphatic heterocycles.